The summed E-state index contributed by atoms with van der Waals surface area (Å²) in [5.41, 5.74) is 0.716. The molecule has 0 aliphatic rings. The van der Waals surface area contributed by atoms with Gasteiger partial charge in [0.05, 0.1) is 5.69 Å². The lowest BCUT2D eigenvalue weighted by atomic mass is 10.3. The zero-order chi connectivity index (χ0) is 10.7. The smallest absolute Gasteiger partial charge is 0.292 e. The minimum atomic E-state index is -0.142. The molecule has 4 nitrogen and oxygen atoms in total. The Kier molecular flexibility index (Phi) is 3.69. The number of nitrogens with zero attached hydrogens (tertiary/aromatic N) is 2. The predicted molar refractivity (Wildman–Crippen MR) is 56.6 cm³/mol. The van der Waals surface area contributed by atoms with Gasteiger partial charge in [0, 0.05) is 24.5 Å². The highest BCUT2D eigenvalue weighted by molar-refractivity contribution is 9.09. The largest absolute Gasteiger partial charge is 0.351 e. The zero-order valence-corrected chi connectivity index (χ0v) is 10.0. The van der Waals surface area contributed by atoms with E-state index < -0.39 is 0 Å². The second-order valence-electron chi connectivity index (χ2n) is 3.30. The maximum atomic E-state index is 11.7. The summed E-state index contributed by atoms with van der Waals surface area (Å²) in [7, 11) is 1.73. The Morgan fingerprint density at radius 3 is 2.86 bits per heavy atom. The van der Waals surface area contributed by atoms with Crippen molar-refractivity contribution in [2.75, 3.05) is 13.6 Å². The molecular formula is C9H13BrN2O2. The first-order chi connectivity index (χ1) is 6.50. The van der Waals surface area contributed by atoms with Crippen molar-refractivity contribution in [2.45, 2.75) is 18.7 Å². The highest BCUT2D eigenvalue weighted by Gasteiger charge is 2.17. The molecule has 0 aromatic carbocycles. The number of rotatable bonds is 3. The molecule has 1 aromatic heterocycles. The average molecular weight is 261 g/mol. The Labute approximate surface area is 91.4 Å². The van der Waals surface area contributed by atoms with Crippen LogP contribution in [0.15, 0.2) is 10.6 Å². The Bertz CT molecular complexity index is 322. The Hall–Kier alpha value is -0.840. The van der Waals surface area contributed by atoms with Crippen molar-refractivity contribution in [1.29, 1.82) is 0 Å². The van der Waals surface area contributed by atoms with E-state index in [0.717, 1.165) is 0 Å². The molecule has 1 atom stereocenters. The molecule has 1 heterocycles. The van der Waals surface area contributed by atoms with E-state index >= 15 is 0 Å². The predicted octanol–water partition coefficient (Wildman–Crippen LogP) is 1.84. The lowest BCUT2D eigenvalue weighted by molar-refractivity contribution is 0.0756. The number of amides is 1. The number of aromatic nitrogens is 1. The van der Waals surface area contributed by atoms with Crippen LogP contribution in [0.25, 0.3) is 0 Å². The van der Waals surface area contributed by atoms with E-state index in [0.29, 0.717) is 12.2 Å². The van der Waals surface area contributed by atoms with Crippen molar-refractivity contribution in [3.8, 4) is 0 Å². The molecule has 0 aliphatic heterocycles. The number of carbonyl (C=O) groups excluding carboxylic acids is 1. The molecule has 0 saturated carbocycles. The molecule has 0 saturated heterocycles. The van der Waals surface area contributed by atoms with Crippen LogP contribution in [0, 0.1) is 6.92 Å². The van der Waals surface area contributed by atoms with E-state index in [4.69, 9.17) is 4.52 Å². The molecule has 0 bridgehead atoms. The summed E-state index contributed by atoms with van der Waals surface area (Å²) in [6, 6.07) is 1.64. The third-order valence-electron chi connectivity index (χ3n) is 1.71. The van der Waals surface area contributed by atoms with Gasteiger partial charge >= 0.3 is 0 Å². The summed E-state index contributed by atoms with van der Waals surface area (Å²) >= 11 is 3.38. The fraction of sp³-hybridized carbons (Fsp3) is 0.556. The van der Waals surface area contributed by atoms with Gasteiger partial charge in [-0.05, 0) is 6.92 Å². The summed E-state index contributed by atoms with van der Waals surface area (Å²) in [6.45, 7) is 4.40. The molecule has 0 fully saturated rings. The van der Waals surface area contributed by atoms with Gasteiger partial charge in [-0.1, -0.05) is 28.0 Å². The number of hydrogen-bond acceptors (Lipinski definition) is 3. The normalized spacial score (nSPS) is 12.6. The van der Waals surface area contributed by atoms with Crippen LogP contribution in [0.4, 0.5) is 0 Å². The molecular weight excluding hydrogens is 248 g/mol. The van der Waals surface area contributed by atoms with Gasteiger partial charge in [-0.15, -0.1) is 0 Å². The van der Waals surface area contributed by atoms with Gasteiger partial charge in [-0.25, -0.2) is 0 Å². The Morgan fingerprint density at radius 1 is 1.79 bits per heavy atom. The molecule has 1 unspecified atom stereocenters. The van der Waals surface area contributed by atoms with Crippen LogP contribution in [0.3, 0.4) is 0 Å². The van der Waals surface area contributed by atoms with Crippen LogP contribution in [-0.4, -0.2) is 34.4 Å². The van der Waals surface area contributed by atoms with Crippen molar-refractivity contribution >= 4 is 21.8 Å². The first kappa shape index (κ1) is 11.2. The van der Waals surface area contributed by atoms with E-state index in [9.17, 15) is 4.79 Å². The van der Waals surface area contributed by atoms with Crippen LogP contribution in [-0.2, 0) is 0 Å². The minimum Gasteiger partial charge on any atom is -0.351 e. The SMILES string of the molecule is Cc1cc(C(=O)N(C)CC(C)Br)on1. The molecule has 5 heteroatoms. The Morgan fingerprint density at radius 2 is 2.43 bits per heavy atom. The first-order valence-electron chi connectivity index (χ1n) is 4.33. The standard InChI is InChI=1S/C9H13BrN2O2/c1-6(10)5-12(3)9(13)8-4-7(2)11-14-8/h4,6H,5H2,1-3H3. The molecule has 0 aliphatic carbocycles. The van der Waals surface area contributed by atoms with Gasteiger partial charge in [-0.3, -0.25) is 4.79 Å². The van der Waals surface area contributed by atoms with Crippen molar-refractivity contribution in [3.05, 3.63) is 17.5 Å². The summed E-state index contributed by atoms with van der Waals surface area (Å²) in [4.78, 5) is 13.5. The summed E-state index contributed by atoms with van der Waals surface area (Å²) in [5, 5.41) is 3.67. The zero-order valence-electron chi connectivity index (χ0n) is 8.45. The third kappa shape index (κ3) is 2.83. The molecule has 1 amide bonds. The molecule has 0 N–H and O–H groups in total. The quantitative estimate of drug-likeness (QED) is 0.780. The fourth-order valence-corrected chi connectivity index (χ4v) is 1.55. The molecule has 1 aromatic rings. The molecule has 14 heavy (non-hydrogen) atoms. The highest BCUT2D eigenvalue weighted by atomic mass is 79.9. The molecule has 0 spiro atoms. The van der Waals surface area contributed by atoms with E-state index in [1.165, 1.54) is 0 Å². The van der Waals surface area contributed by atoms with Gasteiger partial charge in [0.1, 0.15) is 0 Å². The highest BCUT2D eigenvalue weighted by Crippen LogP contribution is 2.07. The van der Waals surface area contributed by atoms with Gasteiger partial charge in [-0.2, -0.15) is 0 Å². The lowest BCUT2D eigenvalue weighted by Gasteiger charge is -2.16. The monoisotopic (exact) mass is 260 g/mol. The number of hydrogen-bond donors (Lipinski definition) is 0. The van der Waals surface area contributed by atoms with Crippen molar-refractivity contribution < 1.29 is 9.32 Å². The summed E-state index contributed by atoms with van der Waals surface area (Å²) in [5.74, 6) is 0.148. The van der Waals surface area contributed by atoms with Gasteiger partial charge in [0.25, 0.3) is 5.91 Å². The van der Waals surface area contributed by atoms with E-state index in [1.54, 1.807) is 24.9 Å². The van der Waals surface area contributed by atoms with Gasteiger partial charge in [0.15, 0.2) is 0 Å². The summed E-state index contributed by atoms with van der Waals surface area (Å²) < 4.78 is 4.87. The number of alkyl halides is 1. The lowest BCUT2D eigenvalue weighted by Crippen LogP contribution is -2.30. The van der Waals surface area contributed by atoms with Crippen LogP contribution < -0.4 is 0 Å². The summed E-state index contributed by atoms with van der Waals surface area (Å²) in [6.07, 6.45) is 0. The second-order valence-corrected chi connectivity index (χ2v) is 4.86. The van der Waals surface area contributed by atoms with Gasteiger partial charge < -0.3 is 9.42 Å². The van der Waals surface area contributed by atoms with E-state index in [-0.39, 0.29) is 16.5 Å². The third-order valence-corrected chi connectivity index (χ3v) is 2.00. The van der Waals surface area contributed by atoms with Crippen molar-refractivity contribution in [1.82, 2.24) is 10.1 Å². The Balaban J connectivity index is 2.65. The number of aryl methyl sites for hydroxylation is 1. The average Bonchev–Trinajstić information content (AvgIpc) is 2.49. The van der Waals surface area contributed by atoms with E-state index in [2.05, 4.69) is 21.1 Å². The number of halogens is 1. The van der Waals surface area contributed by atoms with Gasteiger partial charge in [0.2, 0.25) is 5.76 Å². The second kappa shape index (κ2) is 4.59. The maximum Gasteiger partial charge on any atom is 0.292 e. The molecule has 1 rings (SSSR count). The fourth-order valence-electron chi connectivity index (χ4n) is 1.11. The first-order valence-corrected chi connectivity index (χ1v) is 5.25. The minimum absolute atomic E-state index is 0.142. The number of carbonyl (C=O) groups is 1. The van der Waals surface area contributed by atoms with E-state index in [1.807, 2.05) is 6.92 Å². The van der Waals surface area contributed by atoms with Crippen molar-refractivity contribution in [2.24, 2.45) is 0 Å². The topological polar surface area (TPSA) is 46.3 Å². The molecule has 78 valence electrons. The maximum absolute atomic E-state index is 11.7. The van der Waals surface area contributed by atoms with Crippen LogP contribution >= 0.6 is 15.9 Å². The van der Waals surface area contributed by atoms with Crippen LogP contribution in [0.1, 0.15) is 23.2 Å². The van der Waals surface area contributed by atoms with Crippen LogP contribution in [0.2, 0.25) is 0 Å². The van der Waals surface area contributed by atoms with Crippen LogP contribution in [0.5, 0.6) is 0 Å². The molecule has 0 radical (unpaired) electrons. The van der Waals surface area contributed by atoms with Crippen molar-refractivity contribution in [3.63, 3.8) is 0 Å².